The maximum absolute atomic E-state index is 6.51. The Bertz CT molecular complexity index is 962. The molecule has 3 aromatic carbocycles. The first kappa shape index (κ1) is 22.9. The predicted octanol–water partition coefficient (Wildman–Crippen LogP) is 7.93. The van der Waals surface area contributed by atoms with Crippen LogP contribution in [0.5, 0.6) is 0 Å². The molecule has 33 heavy (non-hydrogen) atoms. The average molecular weight is 480 g/mol. The zero-order valence-electron chi connectivity index (χ0n) is 18.9. The highest BCUT2D eigenvalue weighted by molar-refractivity contribution is 6.30. The van der Waals surface area contributed by atoms with Gasteiger partial charge < -0.3 is 4.74 Å². The van der Waals surface area contributed by atoms with Crippen LogP contribution >= 0.6 is 23.2 Å². The smallest absolute Gasteiger partial charge is 0.108 e. The third-order valence-corrected chi connectivity index (χ3v) is 7.85. The van der Waals surface area contributed by atoms with E-state index in [0.717, 1.165) is 58.7 Å². The van der Waals surface area contributed by atoms with Gasteiger partial charge in [-0.05, 0) is 79.0 Å². The van der Waals surface area contributed by atoms with Gasteiger partial charge in [-0.1, -0.05) is 77.8 Å². The molecule has 172 valence electrons. The molecule has 0 amide bonds. The minimum atomic E-state index is -0.102. The highest BCUT2D eigenvalue weighted by Crippen LogP contribution is 2.41. The molecule has 2 aliphatic heterocycles. The number of fused-ring (bicyclic) bond motifs is 2. The molecule has 2 bridgehead atoms. The third kappa shape index (κ3) is 5.63. The zero-order chi connectivity index (χ0) is 22.6. The van der Waals surface area contributed by atoms with Crippen LogP contribution in [0.4, 0.5) is 0 Å². The highest BCUT2D eigenvalue weighted by Gasteiger charge is 2.40. The summed E-state index contributed by atoms with van der Waals surface area (Å²) in [5, 5.41) is 1.48. The van der Waals surface area contributed by atoms with Crippen molar-refractivity contribution in [1.29, 1.82) is 0 Å². The van der Waals surface area contributed by atoms with Crippen LogP contribution in [0.25, 0.3) is 0 Å². The van der Waals surface area contributed by atoms with E-state index in [-0.39, 0.29) is 6.10 Å². The average Bonchev–Trinajstić information content (AvgIpc) is 3.06. The van der Waals surface area contributed by atoms with E-state index in [2.05, 4.69) is 59.5 Å². The molecule has 2 fully saturated rings. The maximum Gasteiger partial charge on any atom is 0.108 e. The number of piperidine rings is 1. The molecule has 0 saturated carbocycles. The van der Waals surface area contributed by atoms with Gasteiger partial charge in [-0.25, -0.2) is 0 Å². The lowest BCUT2D eigenvalue weighted by atomic mass is 9.88. The third-order valence-electron chi connectivity index (χ3n) is 7.35. The van der Waals surface area contributed by atoms with Crippen molar-refractivity contribution in [2.45, 2.75) is 56.8 Å². The molecule has 2 saturated heterocycles. The van der Waals surface area contributed by atoms with Crippen LogP contribution in [0, 0.1) is 5.92 Å². The van der Waals surface area contributed by atoms with Gasteiger partial charge >= 0.3 is 0 Å². The minimum absolute atomic E-state index is 0.102. The Hall–Kier alpha value is -1.84. The Morgan fingerprint density at radius 2 is 1.30 bits per heavy atom. The Kier molecular flexibility index (Phi) is 7.37. The molecule has 0 aromatic heterocycles. The second-order valence-electron chi connectivity index (χ2n) is 9.52. The van der Waals surface area contributed by atoms with Crippen molar-refractivity contribution >= 4 is 23.2 Å². The molecule has 4 heteroatoms. The molecule has 2 heterocycles. The summed E-state index contributed by atoms with van der Waals surface area (Å²) in [6.45, 7) is 1.85. The summed E-state index contributed by atoms with van der Waals surface area (Å²) in [5.41, 5.74) is 3.68. The molecule has 1 unspecified atom stereocenters. The molecule has 3 aromatic rings. The van der Waals surface area contributed by atoms with Crippen LogP contribution < -0.4 is 0 Å². The van der Waals surface area contributed by atoms with E-state index in [1.54, 1.807) is 0 Å². The van der Waals surface area contributed by atoms with Gasteiger partial charge in [-0.15, -0.1) is 0 Å². The quantitative estimate of drug-likeness (QED) is 0.325. The van der Waals surface area contributed by atoms with Crippen LogP contribution in [-0.2, 0) is 11.3 Å². The Morgan fingerprint density at radius 3 is 1.85 bits per heavy atom. The number of ether oxygens (including phenoxy) is 1. The summed E-state index contributed by atoms with van der Waals surface area (Å²) in [6, 6.07) is 28.3. The second kappa shape index (κ2) is 10.6. The summed E-state index contributed by atoms with van der Waals surface area (Å²) in [7, 11) is 0. The first-order chi connectivity index (χ1) is 16.2. The molecule has 5 rings (SSSR count). The largest absolute Gasteiger partial charge is 0.369 e. The molecule has 3 atom stereocenters. The lowest BCUT2D eigenvalue weighted by molar-refractivity contribution is 0.0442. The normalized spacial score (nSPS) is 22.7. The van der Waals surface area contributed by atoms with Crippen molar-refractivity contribution in [2.75, 3.05) is 6.61 Å². The first-order valence-electron chi connectivity index (χ1n) is 12.1. The van der Waals surface area contributed by atoms with Crippen molar-refractivity contribution in [3.8, 4) is 0 Å². The Labute approximate surface area is 207 Å². The molecule has 0 spiro atoms. The van der Waals surface area contributed by atoms with E-state index in [0.29, 0.717) is 0 Å². The van der Waals surface area contributed by atoms with Crippen LogP contribution in [0.15, 0.2) is 78.9 Å². The molecular formula is C29H31Cl2NO. The van der Waals surface area contributed by atoms with Crippen molar-refractivity contribution in [3.63, 3.8) is 0 Å². The van der Waals surface area contributed by atoms with Gasteiger partial charge in [0.15, 0.2) is 0 Å². The van der Waals surface area contributed by atoms with E-state index in [1.165, 1.54) is 31.2 Å². The van der Waals surface area contributed by atoms with Crippen LogP contribution in [0.1, 0.15) is 54.9 Å². The summed E-state index contributed by atoms with van der Waals surface area (Å²) in [6.07, 6.45) is 6.28. The number of hydrogen-bond acceptors (Lipinski definition) is 2. The SMILES string of the molecule is Clc1ccc(C(OCCC2C[C@H]3CC[C@@H](C2)N3Cc2ccccc2)c2ccc(Cl)cc2)cc1. The summed E-state index contributed by atoms with van der Waals surface area (Å²) >= 11 is 12.2. The molecule has 0 aliphatic carbocycles. The maximum atomic E-state index is 6.51. The highest BCUT2D eigenvalue weighted by atomic mass is 35.5. The van der Waals surface area contributed by atoms with Crippen LogP contribution in [0.3, 0.4) is 0 Å². The lowest BCUT2D eigenvalue weighted by Gasteiger charge is -2.39. The van der Waals surface area contributed by atoms with Gasteiger partial charge in [0, 0.05) is 35.3 Å². The molecule has 2 nitrogen and oxygen atoms in total. The Morgan fingerprint density at radius 1 is 0.758 bits per heavy atom. The van der Waals surface area contributed by atoms with E-state index in [9.17, 15) is 0 Å². The lowest BCUT2D eigenvalue weighted by Crippen LogP contribution is -2.42. The summed E-state index contributed by atoms with van der Waals surface area (Å²) < 4.78 is 6.51. The fourth-order valence-corrected chi connectivity index (χ4v) is 5.94. The number of hydrogen-bond donors (Lipinski definition) is 0. The van der Waals surface area contributed by atoms with Crippen molar-refractivity contribution in [3.05, 3.63) is 106 Å². The van der Waals surface area contributed by atoms with Gasteiger partial charge in [0.05, 0.1) is 0 Å². The number of rotatable bonds is 8. The summed E-state index contributed by atoms with van der Waals surface area (Å²) in [4.78, 5) is 2.76. The van der Waals surface area contributed by atoms with Crippen molar-refractivity contribution < 1.29 is 4.74 Å². The second-order valence-corrected chi connectivity index (χ2v) is 10.4. The monoisotopic (exact) mass is 479 g/mol. The van der Waals surface area contributed by atoms with Crippen molar-refractivity contribution in [2.24, 2.45) is 5.92 Å². The fourth-order valence-electron chi connectivity index (χ4n) is 5.69. The van der Waals surface area contributed by atoms with Crippen molar-refractivity contribution in [1.82, 2.24) is 4.90 Å². The van der Waals surface area contributed by atoms with Gasteiger partial charge in [0.2, 0.25) is 0 Å². The molecule has 0 radical (unpaired) electrons. The molecule has 0 N–H and O–H groups in total. The van der Waals surface area contributed by atoms with E-state index in [1.807, 2.05) is 24.3 Å². The Balaban J connectivity index is 1.20. The van der Waals surface area contributed by atoms with E-state index in [4.69, 9.17) is 27.9 Å². The van der Waals surface area contributed by atoms with E-state index < -0.39 is 0 Å². The first-order valence-corrected chi connectivity index (χ1v) is 12.8. The fraction of sp³-hybridized carbons (Fsp3) is 0.379. The standard InChI is InChI=1S/C29H31Cl2NO/c30-25-10-6-23(7-11-25)29(24-8-12-26(31)13-9-24)33-17-16-22-18-27-14-15-28(19-22)32(27)20-21-4-2-1-3-5-21/h1-13,22,27-29H,14-20H2/t22?,27-,28+. The number of halogens is 2. The van der Waals surface area contributed by atoms with Gasteiger partial charge in [0.25, 0.3) is 0 Å². The molecule has 2 aliphatic rings. The number of nitrogens with zero attached hydrogens (tertiary/aromatic N) is 1. The summed E-state index contributed by atoms with van der Waals surface area (Å²) in [5.74, 6) is 0.741. The van der Waals surface area contributed by atoms with Crippen LogP contribution in [-0.4, -0.2) is 23.6 Å². The predicted molar refractivity (Wildman–Crippen MR) is 137 cm³/mol. The minimum Gasteiger partial charge on any atom is -0.369 e. The van der Waals surface area contributed by atoms with Crippen LogP contribution in [0.2, 0.25) is 10.0 Å². The van der Waals surface area contributed by atoms with Gasteiger partial charge in [-0.2, -0.15) is 0 Å². The zero-order valence-corrected chi connectivity index (χ0v) is 20.4. The van der Waals surface area contributed by atoms with Gasteiger partial charge in [0.1, 0.15) is 6.10 Å². The van der Waals surface area contributed by atoms with Gasteiger partial charge in [-0.3, -0.25) is 4.90 Å². The van der Waals surface area contributed by atoms with E-state index >= 15 is 0 Å². The molecular weight excluding hydrogens is 449 g/mol. The topological polar surface area (TPSA) is 12.5 Å². The number of benzene rings is 3.